The zero-order valence-electron chi connectivity index (χ0n) is 7.84. The number of rotatable bonds is 3. The van der Waals surface area contributed by atoms with Crippen molar-refractivity contribution in [2.75, 3.05) is 0 Å². The minimum Gasteiger partial charge on any atom is -0.298 e. The lowest BCUT2D eigenvalue weighted by Crippen LogP contribution is -1.92. The van der Waals surface area contributed by atoms with E-state index in [4.69, 9.17) is 0 Å². The Balaban J connectivity index is 2.72. The molecule has 1 aliphatic rings. The predicted octanol–water partition coefficient (Wildman–Crippen LogP) is 2.88. The summed E-state index contributed by atoms with van der Waals surface area (Å²) in [5.74, 6) is 0.612. The van der Waals surface area contributed by atoms with E-state index in [2.05, 4.69) is 13.0 Å². The number of carbonyl (C=O) groups excluding carboxylic acids is 1. The third kappa shape index (κ3) is 1.84. The second-order valence-corrected chi connectivity index (χ2v) is 3.38. The van der Waals surface area contributed by atoms with Crippen molar-refractivity contribution in [2.45, 2.75) is 33.1 Å². The molecule has 1 rings (SSSR count). The first-order chi connectivity index (χ1) is 5.79. The summed E-state index contributed by atoms with van der Waals surface area (Å²) in [6.45, 7) is 4.22. The third-order valence-corrected chi connectivity index (χ3v) is 2.57. The Hall–Kier alpha value is -0.850. The van der Waals surface area contributed by atoms with E-state index in [1.54, 1.807) is 0 Å². The molecule has 1 aliphatic carbocycles. The summed E-state index contributed by atoms with van der Waals surface area (Å²) < 4.78 is 0. The molecule has 0 saturated heterocycles. The van der Waals surface area contributed by atoms with E-state index < -0.39 is 0 Å². The van der Waals surface area contributed by atoms with E-state index >= 15 is 0 Å². The lowest BCUT2D eigenvalue weighted by Gasteiger charge is -2.05. The first kappa shape index (κ1) is 9.24. The van der Waals surface area contributed by atoms with Crippen LogP contribution in [0, 0.1) is 5.92 Å². The maximum absolute atomic E-state index is 10.6. The number of allylic oxidation sites excluding steroid dienone is 4. The van der Waals surface area contributed by atoms with Gasteiger partial charge in [0.15, 0.2) is 0 Å². The van der Waals surface area contributed by atoms with Crippen LogP contribution in [0.1, 0.15) is 33.1 Å². The average Bonchev–Trinajstić information content (AvgIpc) is 2.43. The maximum Gasteiger partial charge on any atom is 0.145 e. The molecular weight excluding hydrogens is 148 g/mol. The highest BCUT2D eigenvalue weighted by molar-refractivity contribution is 5.75. The van der Waals surface area contributed by atoms with Crippen LogP contribution >= 0.6 is 0 Å². The molecule has 0 aromatic rings. The van der Waals surface area contributed by atoms with Crippen molar-refractivity contribution >= 4 is 6.29 Å². The van der Waals surface area contributed by atoms with Gasteiger partial charge in [0.25, 0.3) is 0 Å². The first-order valence-electron chi connectivity index (χ1n) is 4.57. The standard InChI is InChI=1S/C11H16O/c1-3-4-5-11-9(2)6-7-10(11)8-12/h3-4,8-9H,5-7H2,1-2H3. The van der Waals surface area contributed by atoms with Crippen LogP contribution in [0.2, 0.25) is 0 Å². The molecular formula is C11H16O. The smallest absolute Gasteiger partial charge is 0.145 e. The van der Waals surface area contributed by atoms with Crippen LogP contribution in [0.15, 0.2) is 23.3 Å². The third-order valence-electron chi connectivity index (χ3n) is 2.57. The van der Waals surface area contributed by atoms with Crippen molar-refractivity contribution < 1.29 is 4.79 Å². The Morgan fingerprint density at radius 2 is 2.33 bits per heavy atom. The van der Waals surface area contributed by atoms with Gasteiger partial charge in [-0.15, -0.1) is 0 Å². The van der Waals surface area contributed by atoms with Crippen molar-refractivity contribution in [3.05, 3.63) is 23.3 Å². The van der Waals surface area contributed by atoms with Crippen LogP contribution in [-0.2, 0) is 4.79 Å². The van der Waals surface area contributed by atoms with Gasteiger partial charge in [-0.3, -0.25) is 4.79 Å². The molecule has 1 atom stereocenters. The molecule has 1 heteroatoms. The van der Waals surface area contributed by atoms with E-state index in [-0.39, 0.29) is 0 Å². The Morgan fingerprint density at radius 1 is 1.58 bits per heavy atom. The van der Waals surface area contributed by atoms with Crippen LogP contribution in [0.4, 0.5) is 0 Å². The van der Waals surface area contributed by atoms with Crippen molar-refractivity contribution in [3.8, 4) is 0 Å². The molecule has 0 aromatic carbocycles. The van der Waals surface area contributed by atoms with Gasteiger partial charge >= 0.3 is 0 Å². The summed E-state index contributed by atoms with van der Waals surface area (Å²) in [7, 11) is 0. The highest BCUT2D eigenvalue weighted by atomic mass is 16.1. The fraction of sp³-hybridized carbons (Fsp3) is 0.545. The van der Waals surface area contributed by atoms with Crippen molar-refractivity contribution in [2.24, 2.45) is 5.92 Å². The van der Waals surface area contributed by atoms with Gasteiger partial charge in [-0.05, 0) is 37.7 Å². The summed E-state index contributed by atoms with van der Waals surface area (Å²) in [5, 5.41) is 0. The molecule has 0 aromatic heterocycles. The summed E-state index contributed by atoms with van der Waals surface area (Å²) in [6.07, 6.45) is 8.30. The highest BCUT2D eigenvalue weighted by Gasteiger charge is 2.19. The number of aldehydes is 1. The Morgan fingerprint density at radius 3 is 2.92 bits per heavy atom. The van der Waals surface area contributed by atoms with Gasteiger partial charge < -0.3 is 0 Å². The molecule has 0 bridgehead atoms. The highest BCUT2D eigenvalue weighted by Crippen LogP contribution is 2.32. The minimum absolute atomic E-state index is 0.612. The molecule has 1 nitrogen and oxygen atoms in total. The molecule has 0 amide bonds. The van der Waals surface area contributed by atoms with Crippen LogP contribution in [0.25, 0.3) is 0 Å². The van der Waals surface area contributed by atoms with Crippen molar-refractivity contribution in [1.29, 1.82) is 0 Å². The second kappa shape index (κ2) is 4.24. The van der Waals surface area contributed by atoms with E-state index in [0.29, 0.717) is 5.92 Å². The molecule has 0 heterocycles. The Kier molecular flexibility index (Phi) is 3.27. The van der Waals surface area contributed by atoms with E-state index in [1.807, 2.05) is 13.0 Å². The Bertz CT molecular complexity index is 223. The van der Waals surface area contributed by atoms with Gasteiger partial charge in [0.05, 0.1) is 0 Å². The van der Waals surface area contributed by atoms with Crippen LogP contribution in [0.3, 0.4) is 0 Å². The topological polar surface area (TPSA) is 17.1 Å². The van der Waals surface area contributed by atoms with Gasteiger partial charge in [0, 0.05) is 0 Å². The van der Waals surface area contributed by atoms with E-state index in [9.17, 15) is 4.79 Å². The maximum atomic E-state index is 10.6. The molecule has 0 fully saturated rings. The molecule has 0 spiro atoms. The summed E-state index contributed by atoms with van der Waals surface area (Å²) >= 11 is 0. The van der Waals surface area contributed by atoms with E-state index in [0.717, 1.165) is 31.1 Å². The zero-order valence-corrected chi connectivity index (χ0v) is 7.84. The van der Waals surface area contributed by atoms with Crippen LogP contribution in [-0.4, -0.2) is 6.29 Å². The molecule has 0 radical (unpaired) electrons. The SMILES string of the molecule is CC=CCC1=C(C=O)CCC1C. The van der Waals surface area contributed by atoms with Gasteiger partial charge in [0.2, 0.25) is 0 Å². The summed E-state index contributed by atoms with van der Waals surface area (Å²) in [4.78, 5) is 10.6. The number of carbonyl (C=O) groups is 1. The lowest BCUT2D eigenvalue weighted by molar-refractivity contribution is -0.105. The van der Waals surface area contributed by atoms with Gasteiger partial charge in [0.1, 0.15) is 6.29 Å². The summed E-state index contributed by atoms with van der Waals surface area (Å²) in [5.41, 5.74) is 2.39. The fourth-order valence-corrected chi connectivity index (χ4v) is 1.73. The number of hydrogen-bond acceptors (Lipinski definition) is 1. The van der Waals surface area contributed by atoms with Gasteiger partial charge in [-0.1, -0.05) is 24.6 Å². The molecule has 1 unspecified atom stereocenters. The first-order valence-corrected chi connectivity index (χ1v) is 4.57. The summed E-state index contributed by atoms with van der Waals surface area (Å²) in [6, 6.07) is 0. The van der Waals surface area contributed by atoms with Crippen LogP contribution in [0.5, 0.6) is 0 Å². The van der Waals surface area contributed by atoms with E-state index in [1.165, 1.54) is 5.57 Å². The largest absolute Gasteiger partial charge is 0.298 e. The van der Waals surface area contributed by atoms with Crippen LogP contribution < -0.4 is 0 Å². The molecule has 0 N–H and O–H groups in total. The van der Waals surface area contributed by atoms with Gasteiger partial charge in [-0.2, -0.15) is 0 Å². The number of hydrogen-bond donors (Lipinski definition) is 0. The van der Waals surface area contributed by atoms with Gasteiger partial charge in [-0.25, -0.2) is 0 Å². The molecule has 12 heavy (non-hydrogen) atoms. The quantitative estimate of drug-likeness (QED) is 0.463. The van der Waals surface area contributed by atoms with Crippen molar-refractivity contribution in [1.82, 2.24) is 0 Å². The monoisotopic (exact) mass is 164 g/mol. The molecule has 0 aliphatic heterocycles. The minimum atomic E-state index is 0.612. The predicted molar refractivity (Wildman–Crippen MR) is 50.9 cm³/mol. The molecule has 0 saturated carbocycles. The average molecular weight is 164 g/mol. The normalized spacial score (nSPS) is 24.0. The zero-order chi connectivity index (χ0) is 8.97. The van der Waals surface area contributed by atoms with Crippen molar-refractivity contribution in [3.63, 3.8) is 0 Å². The lowest BCUT2D eigenvalue weighted by atomic mass is 10.00. The Labute approximate surface area is 74.2 Å². The second-order valence-electron chi connectivity index (χ2n) is 3.38. The molecule has 66 valence electrons. The fourth-order valence-electron chi connectivity index (χ4n) is 1.73.